The first-order valence-corrected chi connectivity index (χ1v) is 11.9. The van der Waals surface area contributed by atoms with E-state index in [1.165, 1.54) is 4.90 Å². The van der Waals surface area contributed by atoms with Crippen molar-refractivity contribution in [1.29, 1.82) is 0 Å². The predicted molar refractivity (Wildman–Crippen MR) is 121 cm³/mol. The van der Waals surface area contributed by atoms with Crippen LogP contribution in [0.2, 0.25) is 0 Å². The maximum absolute atomic E-state index is 13.7. The van der Waals surface area contributed by atoms with E-state index in [2.05, 4.69) is 30.2 Å². The van der Waals surface area contributed by atoms with Crippen molar-refractivity contribution in [3.05, 3.63) is 41.7 Å². The number of piperidine rings is 1. The van der Waals surface area contributed by atoms with E-state index in [1.54, 1.807) is 6.20 Å². The van der Waals surface area contributed by atoms with Crippen molar-refractivity contribution in [3.8, 4) is 0 Å². The molecular weight excluding hydrogens is 404 g/mol. The van der Waals surface area contributed by atoms with Gasteiger partial charge in [-0.1, -0.05) is 26.0 Å². The fraction of sp³-hybridized carbons (Fsp3) is 0.600. The maximum atomic E-state index is 13.7. The minimum atomic E-state index is -0.891. The first-order valence-electron chi connectivity index (χ1n) is 11.9. The third-order valence-corrected chi connectivity index (χ3v) is 7.16. The zero-order valence-electron chi connectivity index (χ0n) is 19.2. The van der Waals surface area contributed by atoms with Crippen LogP contribution in [-0.2, 0) is 16.1 Å². The van der Waals surface area contributed by atoms with Crippen molar-refractivity contribution in [2.24, 2.45) is 11.8 Å². The molecule has 3 aliphatic rings. The highest BCUT2D eigenvalue weighted by atomic mass is 16.2. The van der Waals surface area contributed by atoms with E-state index in [9.17, 15) is 14.4 Å². The molecule has 32 heavy (non-hydrogen) atoms. The van der Waals surface area contributed by atoms with E-state index < -0.39 is 5.54 Å². The molecule has 0 aromatic carbocycles. The lowest BCUT2D eigenvalue weighted by Gasteiger charge is -2.41. The molecule has 0 bridgehead atoms. The van der Waals surface area contributed by atoms with Gasteiger partial charge in [-0.3, -0.25) is 19.5 Å². The van der Waals surface area contributed by atoms with Gasteiger partial charge in [-0.15, -0.1) is 0 Å². The summed E-state index contributed by atoms with van der Waals surface area (Å²) in [7, 11) is 0. The van der Waals surface area contributed by atoms with Crippen LogP contribution >= 0.6 is 0 Å². The lowest BCUT2D eigenvalue weighted by Crippen LogP contribution is -2.56. The Kier molecular flexibility index (Phi) is 6.63. The van der Waals surface area contributed by atoms with Gasteiger partial charge in [0.2, 0.25) is 5.91 Å². The molecule has 2 fully saturated rings. The van der Waals surface area contributed by atoms with E-state index in [0.717, 1.165) is 44.1 Å². The molecule has 1 N–H and O–H groups in total. The van der Waals surface area contributed by atoms with Crippen LogP contribution in [0.5, 0.6) is 0 Å². The molecule has 7 nitrogen and oxygen atoms in total. The van der Waals surface area contributed by atoms with Crippen molar-refractivity contribution < 1.29 is 14.4 Å². The van der Waals surface area contributed by atoms with Crippen molar-refractivity contribution in [1.82, 2.24) is 20.1 Å². The van der Waals surface area contributed by atoms with Crippen LogP contribution < -0.4 is 5.32 Å². The van der Waals surface area contributed by atoms with E-state index in [1.807, 2.05) is 23.1 Å². The number of urea groups is 1. The molecule has 4 rings (SSSR count). The Morgan fingerprint density at radius 2 is 2.03 bits per heavy atom. The second kappa shape index (κ2) is 9.43. The van der Waals surface area contributed by atoms with Crippen LogP contribution in [0.15, 0.2) is 36.0 Å². The molecule has 0 radical (unpaired) electrons. The number of nitrogens with zero attached hydrogens (tertiary/aromatic N) is 3. The summed E-state index contributed by atoms with van der Waals surface area (Å²) in [4.78, 5) is 47.0. The van der Waals surface area contributed by atoms with E-state index in [0.29, 0.717) is 31.1 Å². The summed E-state index contributed by atoms with van der Waals surface area (Å²) in [6.45, 7) is 5.72. The number of imide groups is 1. The number of likely N-dealkylation sites (tertiary alicyclic amines) is 1. The number of hydrogen-bond donors (Lipinski definition) is 1. The van der Waals surface area contributed by atoms with Crippen molar-refractivity contribution in [2.75, 3.05) is 13.1 Å². The molecule has 1 aromatic heterocycles. The molecule has 1 aromatic rings. The zero-order chi connectivity index (χ0) is 22.7. The van der Waals surface area contributed by atoms with Crippen molar-refractivity contribution >= 4 is 17.8 Å². The van der Waals surface area contributed by atoms with Crippen LogP contribution in [0.3, 0.4) is 0 Å². The van der Waals surface area contributed by atoms with Gasteiger partial charge in [-0.25, -0.2) is 4.79 Å². The number of carbonyl (C=O) groups excluding carboxylic acids is 3. The minimum absolute atomic E-state index is 0.0213. The van der Waals surface area contributed by atoms with Gasteiger partial charge in [0, 0.05) is 24.9 Å². The summed E-state index contributed by atoms with van der Waals surface area (Å²) in [6, 6.07) is 5.17. The Labute approximate surface area is 190 Å². The van der Waals surface area contributed by atoms with Gasteiger partial charge < -0.3 is 10.2 Å². The van der Waals surface area contributed by atoms with Gasteiger partial charge in [0.1, 0.15) is 5.54 Å². The molecule has 2 saturated heterocycles. The summed E-state index contributed by atoms with van der Waals surface area (Å²) in [6.07, 6.45) is 9.58. The van der Waals surface area contributed by atoms with Gasteiger partial charge in [0.15, 0.2) is 0 Å². The predicted octanol–water partition coefficient (Wildman–Crippen LogP) is 3.66. The third kappa shape index (κ3) is 4.43. The molecule has 0 spiro atoms. The van der Waals surface area contributed by atoms with Crippen LogP contribution in [0.1, 0.15) is 64.5 Å². The molecule has 172 valence electrons. The van der Waals surface area contributed by atoms with Gasteiger partial charge >= 0.3 is 6.03 Å². The number of amides is 4. The highest BCUT2D eigenvalue weighted by molar-refractivity contribution is 6.07. The molecule has 0 unspecified atom stereocenters. The van der Waals surface area contributed by atoms with Gasteiger partial charge in [-0.2, -0.15) is 0 Å². The SMILES string of the molecule is CC(C)CC[C@@]1(C2CCN(C(=O)C3=CCCC3)CC2)NC(=O)N(Cc2ccccn2)C1=O. The number of rotatable bonds is 7. The van der Waals surface area contributed by atoms with Crippen molar-refractivity contribution in [3.63, 3.8) is 0 Å². The number of nitrogens with one attached hydrogen (secondary N) is 1. The fourth-order valence-corrected chi connectivity index (χ4v) is 5.25. The van der Waals surface area contributed by atoms with Gasteiger partial charge in [-0.05, 0) is 68.9 Å². The second-order valence-electron chi connectivity index (χ2n) is 9.73. The molecule has 1 atom stereocenters. The normalized spacial score (nSPS) is 24.3. The number of pyridine rings is 1. The number of carbonyl (C=O) groups is 3. The Balaban J connectivity index is 1.50. The second-order valence-corrected chi connectivity index (χ2v) is 9.73. The molecule has 0 saturated carbocycles. The highest BCUT2D eigenvalue weighted by Gasteiger charge is 2.55. The summed E-state index contributed by atoms with van der Waals surface area (Å²) in [5, 5.41) is 3.11. The number of hydrogen-bond acceptors (Lipinski definition) is 4. The van der Waals surface area contributed by atoms with Crippen LogP contribution in [0.4, 0.5) is 4.79 Å². The van der Waals surface area contributed by atoms with E-state index >= 15 is 0 Å². The van der Waals surface area contributed by atoms with Crippen LogP contribution in [-0.4, -0.2) is 51.3 Å². The lowest BCUT2D eigenvalue weighted by atomic mass is 9.73. The van der Waals surface area contributed by atoms with Gasteiger partial charge in [0.05, 0.1) is 12.2 Å². The third-order valence-electron chi connectivity index (χ3n) is 7.16. The number of allylic oxidation sites excluding steroid dienone is 1. The average molecular weight is 439 g/mol. The summed E-state index contributed by atoms with van der Waals surface area (Å²) >= 11 is 0. The summed E-state index contributed by atoms with van der Waals surface area (Å²) in [5.74, 6) is 0.457. The Morgan fingerprint density at radius 3 is 2.66 bits per heavy atom. The van der Waals surface area contributed by atoms with Gasteiger partial charge in [0.25, 0.3) is 5.91 Å². The Bertz CT molecular complexity index is 890. The minimum Gasteiger partial charge on any atom is -0.339 e. The lowest BCUT2D eigenvalue weighted by molar-refractivity contribution is -0.135. The molecular formula is C25H34N4O3. The highest BCUT2D eigenvalue weighted by Crippen LogP contribution is 2.38. The molecule has 2 aliphatic heterocycles. The maximum Gasteiger partial charge on any atom is 0.325 e. The van der Waals surface area contributed by atoms with E-state index in [-0.39, 0.29) is 30.3 Å². The Hall–Kier alpha value is -2.70. The first kappa shape index (κ1) is 22.5. The largest absolute Gasteiger partial charge is 0.339 e. The van der Waals surface area contributed by atoms with Crippen molar-refractivity contribution in [2.45, 2.75) is 70.9 Å². The monoisotopic (exact) mass is 438 g/mol. The van der Waals surface area contributed by atoms with Crippen LogP contribution in [0.25, 0.3) is 0 Å². The Morgan fingerprint density at radius 1 is 1.25 bits per heavy atom. The van der Waals surface area contributed by atoms with E-state index in [4.69, 9.17) is 0 Å². The fourth-order valence-electron chi connectivity index (χ4n) is 5.25. The van der Waals surface area contributed by atoms with Crippen LogP contribution in [0, 0.1) is 11.8 Å². The molecule has 7 heteroatoms. The quantitative estimate of drug-likeness (QED) is 0.659. The molecule has 4 amide bonds. The summed E-state index contributed by atoms with van der Waals surface area (Å²) < 4.78 is 0. The smallest absolute Gasteiger partial charge is 0.325 e. The standard InChI is InChI=1S/C25H34N4O3/c1-18(2)10-13-25(20-11-15-28(16-12-20)22(30)19-7-3-4-8-19)23(31)29(24(32)27-25)17-21-9-5-6-14-26-21/h5-7,9,14,18,20H,3-4,8,10-13,15-17H2,1-2H3,(H,27,32)/t25-/m0/s1. The molecule has 1 aliphatic carbocycles. The molecule has 3 heterocycles. The first-order chi connectivity index (χ1) is 15.4. The topological polar surface area (TPSA) is 82.6 Å². The average Bonchev–Trinajstić information content (AvgIpc) is 3.42. The number of aromatic nitrogens is 1. The summed E-state index contributed by atoms with van der Waals surface area (Å²) in [5.41, 5.74) is 0.739. The zero-order valence-corrected chi connectivity index (χ0v) is 19.2.